The summed E-state index contributed by atoms with van der Waals surface area (Å²) in [6.45, 7) is 7.17. The molecule has 0 bridgehead atoms. The molecule has 0 aromatic rings. The fraction of sp³-hybridized carbons (Fsp3) is 0.636. The van der Waals surface area contributed by atoms with E-state index in [1.165, 1.54) is 6.92 Å². The van der Waals surface area contributed by atoms with Crippen LogP contribution in [-0.4, -0.2) is 11.6 Å². The first-order valence-corrected chi connectivity index (χ1v) is 4.60. The van der Waals surface area contributed by atoms with Crippen molar-refractivity contribution in [1.82, 2.24) is 0 Å². The summed E-state index contributed by atoms with van der Waals surface area (Å²) in [4.78, 5) is 22.0. The minimum absolute atomic E-state index is 0.0463. The van der Waals surface area contributed by atoms with Gasteiger partial charge in [-0.3, -0.25) is 9.59 Å². The highest BCUT2D eigenvalue weighted by atomic mass is 16.1. The molecule has 72 valence electrons. The van der Waals surface area contributed by atoms with Crippen molar-refractivity contribution in [3.05, 3.63) is 12.2 Å². The SMILES string of the molecule is CC(=O)/C=C/[C@H]1[C@H](C)[C@]1(C)C(C)=O. The molecule has 13 heavy (non-hydrogen) atoms. The Morgan fingerprint density at radius 3 is 2.15 bits per heavy atom. The molecule has 0 radical (unpaired) electrons. The van der Waals surface area contributed by atoms with Crippen LogP contribution in [0.15, 0.2) is 12.2 Å². The summed E-state index contributed by atoms with van der Waals surface area (Å²) in [5.41, 5.74) is -0.216. The van der Waals surface area contributed by atoms with Gasteiger partial charge in [-0.2, -0.15) is 0 Å². The van der Waals surface area contributed by atoms with E-state index in [9.17, 15) is 9.59 Å². The normalized spacial score (nSPS) is 37.8. The molecule has 2 heteroatoms. The second-order valence-corrected chi connectivity index (χ2v) is 4.12. The molecule has 0 saturated heterocycles. The van der Waals surface area contributed by atoms with Gasteiger partial charge in [-0.1, -0.05) is 19.9 Å². The minimum Gasteiger partial charge on any atom is -0.299 e. The Balaban J connectivity index is 2.68. The van der Waals surface area contributed by atoms with Crippen molar-refractivity contribution in [2.75, 3.05) is 0 Å². The lowest BCUT2D eigenvalue weighted by Gasteiger charge is -2.02. The second kappa shape index (κ2) is 3.09. The highest BCUT2D eigenvalue weighted by molar-refractivity contribution is 5.89. The van der Waals surface area contributed by atoms with Crippen molar-refractivity contribution < 1.29 is 9.59 Å². The molecule has 1 aliphatic carbocycles. The Labute approximate surface area is 79.0 Å². The molecule has 1 aliphatic rings. The van der Waals surface area contributed by atoms with Gasteiger partial charge < -0.3 is 0 Å². The number of Topliss-reactive ketones (excluding diaryl/α,β-unsaturated/α-hetero) is 1. The van der Waals surface area contributed by atoms with E-state index in [0.717, 1.165) is 0 Å². The molecular weight excluding hydrogens is 164 g/mol. The Bertz CT molecular complexity index is 278. The summed E-state index contributed by atoms with van der Waals surface area (Å²) in [5, 5.41) is 0. The van der Waals surface area contributed by atoms with E-state index in [4.69, 9.17) is 0 Å². The quantitative estimate of drug-likeness (QED) is 0.622. The highest BCUT2D eigenvalue weighted by Gasteiger charge is 2.60. The van der Waals surface area contributed by atoms with Crippen LogP contribution >= 0.6 is 0 Å². The van der Waals surface area contributed by atoms with Crippen molar-refractivity contribution in [3.63, 3.8) is 0 Å². The average molecular weight is 180 g/mol. The first kappa shape index (κ1) is 10.2. The third kappa shape index (κ3) is 1.58. The zero-order chi connectivity index (χ0) is 10.2. The van der Waals surface area contributed by atoms with E-state index >= 15 is 0 Å². The monoisotopic (exact) mass is 180 g/mol. The number of ketones is 2. The Morgan fingerprint density at radius 2 is 1.85 bits per heavy atom. The maximum absolute atomic E-state index is 11.3. The van der Waals surface area contributed by atoms with E-state index in [2.05, 4.69) is 6.92 Å². The molecular formula is C11H16O2. The predicted octanol–water partition coefficient (Wildman–Crippen LogP) is 1.99. The number of carbonyl (C=O) groups excluding carboxylic acids is 2. The summed E-state index contributed by atoms with van der Waals surface area (Å²) >= 11 is 0. The molecule has 0 heterocycles. The number of rotatable bonds is 3. The van der Waals surface area contributed by atoms with Gasteiger partial charge in [0.1, 0.15) is 5.78 Å². The second-order valence-electron chi connectivity index (χ2n) is 4.12. The largest absolute Gasteiger partial charge is 0.299 e. The zero-order valence-electron chi connectivity index (χ0n) is 8.63. The van der Waals surface area contributed by atoms with Crippen molar-refractivity contribution in [2.45, 2.75) is 27.7 Å². The summed E-state index contributed by atoms with van der Waals surface area (Å²) in [6, 6.07) is 0. The van der Waals surface area contributed by atoms with Gasteiger partial charge in [-0.25, -0.2) is 0 Å². The zero-order valence-corrected chi connectivity index (χ0v) is 8.63. The molecule has 1 fully saturated rings. The molecule has 0 amide bonds. The van der Waals surface area contributed by atoms with Gasteiger partial charge in [0, 0.05) is 5.41 Å². The standard InChI is InChI=1S/C11H16O2/c1-7(12)5-6-10-8(2)11(10,4)9(3)13/h5-6,8,10H,1-4H3/b6-5+/t8-,10-,11+/m0/s1. The maximum Gasteiger partial charge on any atom is 0.152 e. The van der Waals surface area contributed by atoms with Crippen LogP contribution in [0.2, 0.25) is 0 Å². The molecule has 0 aliphatic heterocycles. The Morgan fingerprint density at radius 1 is 1.31 bits per heavy atom. The van der Waals surface area contributed by atoms with E-state index in [0.29, 0.717) is 5.92 Å². The lowest BCUT2D eigenvalue weighted by molar-refractivity contribution is -0.122. The average Bonchev–Trinajstić information content (AvgIpc) is 2.53. The fourth-order valence-electron chi connectivity index (χ4n) is 1.93. The molecule has 0 N–H and O–H groups in total. The molecule has 1 rings (SSSR count). The summed E-state index contributed by atoms with van der Waals surface area (Å²) < 4.78 is 0. The third-order valence-electron chi connectivity index (χ3n) is 3.36. The van der Waals surface area contributed by atoms with Crippen molar-refractivity contribution in [3.8, 4) is 0 Å². The fourth-order valence-corrected chi connectivity index (χ4v) is 1.93. The lowest BCUT2D eigenvalue weighted by atomic mass is 10.0. The molecule has 0 aromatic carbocycles. The van der Waals surface area contributed by atoms with Gasteiger partial charge in [0.2, 0.25) is 0 Å². The van der Waals surface area contributed by atoms with Gasteiger partial charge in [0.05, 0.1) is 0 Å². The van der Waals surface area contributed by atoms with Crippen molar-refractivity contribution in [1.29, 1.82) is 0 Å². The van der Waals surface area contributed by atoms with Crippen LogP contribution in [0.1, 0.15) is 27.7 Å². The van der Waals surface area contributed by atoms with Gasteiger partial charge in [0.15, 0.2) is 5.78 Å². The Hall–Kier alpha value is -0.920. The topological polar surface area (TPSA) is 34.1 Å². The lowest BCUT2D eigenvalue weighted by Crippen LogP contribution is -2.10. The number of carbonyl (C=O) groups is 2. The van der Waals surface area contributed by atoms with Gasteiger partial charge in [0.25, 0.3) is 0 Å². The van der Waals surface area contributed by atoms with E-state index in [-0.39, 0.29) is 22.9 Å². The minimum atomic E-state index is -0.216. The molecule has 2 nitrogen and oxygen atoms in total. The van der Waals surface area contributed by atoms with E-state index in [1.807, 2.05) is 13.0 Å². The third-order valence-corrected chi connectivity index (χ3v) is 3.36. The van der Waals surface area contributed by atoms with Gasteiger partial charge >= 0.3 is 0 Å². The molecule has 1 saturated carbocycles. The van der Waals surface area contributed by atoms with Crippen LogP contribution in [0.25, 0.3) is 0 Å². The smallest absolute Gasteiger partial charge is 0.152 e. The summed E-state index contributed by atoms with van der Waals surface area (Å²) in [6.07, 6.45) is 3.43. The van der Waals surface area contributed by atoms with Gasteiger partial charge in [-0.15, -0.1) is 0 Å². The predicted molar refractivity (Wildman–Crippen MR) is 51.3 cm³/mol. The number of allylic oxidation sites excluding steroid dienone is 2. The van der Waals surface area contributed by atoms with Crippen LogP contribution < -0.4 is 0 Å². The number of hydrogen-bond donors (Lipinski definition) is 0. The number of hydrogen-bond acceptors (Lipinski definition) is 2. The highest BCUT2D eigenvalue weighted by Crippen LogP contribution is 2.59. The van der Waals surface area contributed by atoms with Crippen LogP contribution in [0, 0.1) is 17.3 Å². The summed E-state index contributed by atoms with van der Waals surface area (Å²) in [5.74, 6) is 0.901. The molecule has 0 aromatic heterocycles. The Kier molecular flexibility index (Phi) is 2.42. The molecule has 3 atom stereocenters. The molecule has 0 spiro atoms. The van der Waals surface area contributed by atoms with Crippen molar-refractivity contribution >= 4 is 11.6 Å². The van der Waals surface area contributed by atoms with Crippen LogP contribution in [-0.2, 0) is 9.59 Å². The van der Waals surface area contributed by atoms with E-state index < -0.39 is 0 Å². The first-order valence-electron chi connectivity index (χ1n) is 4.60. The van der Waals surface area contributed by atoms with Crippen LogP contribution in [0.5, 0.6) is 0 Å². The maximum atomic E-state index is 11.3. The van der Waals surface area contributed by atoms with E-state index in [1.54, 1.807) is 13.0 Å². The first-order chi connectivity index (χ1) is 5.90. The van der Waals surface area contributed by atoms with Crippen molar-refractivity contribution in [2.24, 2.45) is 17.3 Å². The van der Waals surface area contributed by atoms with Crippen LogP contribution in [0.3, 0.4) is 0 Å². The summed E-state index contributed by atoms with van der Waals surface area (Å²) in [7, 11) is 0. The van der Waals surface area contributed by atoms with Gasteiger partial charge in [-0.05, 0) is 31.8 Å². The van der Waals surface area contributed by atoms with Crippen LogP contribution in [0.4, 0.5) is 0 Å². The molecule has 0 unspecified atom stereocenters.